The van der Waals surface area contributed by atoms with Gasteiger partial charge in [-0.1, -0.05) is 53.7 Å². The summed E-state index contributed by atoms with van der Waals surface area (Å²) in [6.45, 7) is 2.74. The van der Waals surface area contributed by atoms with Gasteiger partial charge in [-0.05, 0) is 64.8 Å². The average molecular weight is 502 g/mol. The Kier molecular flexibility index (Phi) is 6.52. The first kappa shape index (κ1) is 21.0. The van der Waals surface area contributed by atoms with Crippen molar-refractivity contribution in [2.45, 2.75) is 18.4 Å². The van der Waals surface area contributed by atoms with Crippen LogP contribution in [0.3, 0.4) is 0 Å². The van der Waals surface area contributed by atoms with Crippen molar-refractivity contribution in [2.75, 3.05) is 6.61 Å². The fraction of sp³-hybridized carbons (Fsp3) is 0.125. The molecule has 152 valence electrons. The van der Waals surface area contributed by atoms with E-state index in [1.807, 2.05) is 73.7 Å². The average Bonchev–Trinajstić information content (AvgIpc) is 3.04. The van der Waals surface area contributed by atoms with Crippen molar-refractivity contribution < 1.29 is 14.3 Å². The van der Waals surface area contributed by atoms with Crippen LogP contribution in [-0.4, -0.2) is 12.4 Å². The zero-order valence-electron chi connectivity index (χ0n) is 16.2. The van der Waals surface area contributed by atoms with Gasteiger partial charge in [-0.25, -0.2) is 0 Å². The Hall–Kier alpha value is -2.21. The van der Waals surface area contributed by atoms with Gasteiger partial charge >= 0.3 is 0 Å². The third-order valence-corrected chi connectivity index (χ3v) is 6.59. The molecule has 0 aliphatic carbocycles. The lowest BCUT2D eigenvalue weighted by molar-refractivity contribution is 0.104. The molecule has 6 heteroatoms. The molecule has 0 aromatic heterocycles. The van der Waals surface area contributed by atoms with Crippen LogP contribution in [0.15, 0.2) is 74.9 Å². The SMILES string of the molecule is CCOc1cc(/C=C2\Sc3ccccc3C2=O)cc(Br)c1OCc1ccccc1Cl. The number of thioether (sulfide) groups is 1. The first-order chi connectivity index (χ1) is 14.6. The Morgan fingerprint density at radius 3 is 2.60 bits per heavy atom. The summed E-state index contributed by atoms with van der Waals surface area (Å²) in [5, 5.41) is 0.657. The van der Waals surface area contributed by atoms with E-state index < -0.39 is 0 Å². The first-order valence-corrected chi connectivity index (χ1v) is 11.4. The molecule has 0 saturated carbocycles. The maximum absolute atomic E-state index is 12.7. The zero-order valence-corrected chi connectivity index (χ0v) is 19.3. The van der Waals surface area contributed by atoms with Crippen molar-refractivity contribution in [1.82, 2.24) is 0 Å². The number of ketones is 1. The van der Waals surface area contributed by atoms with Crippen molar-refractivity contribution in [1.29, 1.82) is 0 Å². The van der Waals surface area contributed by atoms with Crippen LogP contribution in [-0.2, 0) is 6.61 Å². The summed E-state index contributed by atoms with van der Waals surface area (Å²) in [4.78, 5) is 14.4. The van der Waals surface area contributed by atoms with E-state index >= 15 is 0 Å². The molecule has 0 radical (unpaired) electrons. The van der Waals surface area contributed by atoms with Crippen LogP contribution in [0.5, 0.6) is 11.5 Å². The van der Waals surface area contributed by atoms with Gasteiger partial charge in [0, 0.05) is 21.0 Å². The highest BCUT2D eigenvalue weighted by molar-refractivity contribution is 9.10. The smallest absolute Gasteiger partial charge is 0.200 e. The minimum Gasteiger partial charge on any atom is -0.490 e. The normalized spacial score (nSPS) is 14.1. The van der Waals surface area contributed by atoms with E-state index in [4.69, 9.17) is 21.1 Å². The second-order valence-corrected chi connectivity index (χ2v) is 8.92. The fourth-order valence-corrected chi connectivity index (χ4v) is 4.94. The molecule has 0 unspecified atom stereocenters. The predicted octanol–water partition coefficient (Wildman–Crippen LogP) is 7.41. The Morgan fingerprint density at radius 1 is 1.07 bits per heavy atom. The number of fused-ring (bicyclic) bond motifs is 1. The molecule has 1 aliphatic heterocycles. The van der Waals surface area contributed by atoms with Gasteiger partial charge < -0.3 is 9.47 Å². The Balaban J connectivity index is 1.62. The first-order valence-electron chi connectivity index (χ1n) is 9.42. The summed E-state index contributed by atoms with van der Waals surface area (Å²) in [7, 11) is 0. The van der Waals surface area contributed by atoms with Gasteiger partial charge in [0.25, 0.3) is 0 Å². The molecule has 3 aromatic carbocycles. The molecular weight excluding hydrogens is 484 g/mol. The Bertz CT molecular complexity index is 1140. The number of Topliss-reactive ketones (excluding diaryl/α,β-unsaturated/α-hetero) is 1. The molecule has 3 aromatic rings. The minimum atomic E-state index is 0.0451. The topological polar surface area (TPSA) is 35.5 Å². The second kappa shape index (κ2) is 9.29. The van der Waals surface area contributed by atoms with Crippen LogP contribution in [0.1, 0.15) is 28.4 Å². The number of allylic oxidation sites excluding steroid dienone is 1. The van der Waals surface area contributed by atoms with Crippen LogP contribution in [0.4, 0.5) is 0 Å². The Labute approximate surface area is 193 Å². The largest absolute Gasteiger partial charge is 0.490 e. The maximum atomic E-state index is 12.7. The van der Waals surface area contributed by atoms with Gasteiger partial charge in [0.1, 0.15) is 6.61 Å². The molecule has 0 atom stereocenters. The lowest BCUT2D eigenvalue weighted by Gasteiger charge is -2.15. The standard InChI is InChI=1S/C24H18BrClO3S/c1-2-28-20-12-15(13-22-23(27)17-8-4-6-10-21(17)30-22)11-18(25)24(20)29-14-16-7-3-5-9-19(16)26/h3-13H,2,14H2,1H3/b22-13-. The summed E-state index contributed by atoms with van der Waals surface area (Å²) in [5.41, 5.74) is 2.50. The highest BCUT2D eigenvalue weighted by atomic mass is 79.9. The van der Waals surface area contributed by atoms with Gasteiger partial charge in [0.05, 0.1) is 16.0 Å². The second-order valence-electron chi connectivity index (χ2n) is 6.58. The molecule has 1 aliphatic rings. The molecule has 1 heterocycles. The molecule has 0 saturated heterocycles. The molecule has 3 nitrogen and oxygen atoms in total. The third-order valence-electron chi connectivity index (χ3n) is 4.53. The molecule has 0 amide bonds. The van der Waals surface area contributed by atoms with Crippen LogP contribution < -0.4 is 9.47 Å². The number of ether oxygens (including phenoxy) is 2. The molecule has 0 spiro atoms. The Morgan fingerprint density at radius 2 is 1.83 bits per heavy atom. The monoisotopic (exact) mass is 500 g/mol. The molecule has 0 N–H and O–H groups in total. The van der Waals surface area contributed by atoms with Gasteiger partial charge in [0.15, 0.2) is 11.5 Å². The summed E-state index contributed by atoms with van der Waals surface area (Å²) in [6, 6.07) is 19.0. The number of hydrogen-bond donors (Lipinski definition) is 0. The van der Waals surface area contributed by atoms with Gasteiger partial charge in [-0.15, -0.1) is 0 Å². The molecule has 30 heavy (non-hydrogen) atoms. The van der Waals surface area contributed by atoms with Crippen LogP contribution >= 0.6 is 39.3 Å². The van der Waals surface area contributed by atoms with E-state index in [1.54, 1.807) is 0 Å². The highest BCUT2D eigenvalue weighted by Crippen LogP contribution is 2.43. The lowest BCUT2D eigenvalue weighted by atomic mass is 10.1. The van der Waals surface area contributed by atoms with Crippen LogP contribution in [0, 0.1) is 0 Å². The quantitative estimate of drug-likeness (QED) is 0.329. The number of halogens is 2. The number of carbonyl (C=O) groups excluding carboxylic acids is 1. The maximum Gasteiger partial charge on any atom is 0.200 e. The molecular formula is C24H18BrClO3S. The van der Waals surface area contributed by atoms with Gasteiger partial charge in [-0.2, -0.15) is 0 Å². The summed E-state index contributed by atoms with van der Waals surface area (Å²) in [5.74, 6) is 1.26. The van der Waals surface area contributed by atoms with Crippen molar-refractivity contribution in [3.8, 4) is 11.5 Å². The summed E-state index contributed by atoms with van der Waals surface area (Å²) >= 11 is 11.3. The molecule has 0 bridgehead atoms. The highest BCUT2D eigenvalue weighted by Gasteiger charge is 2.25. The van der Waals surface area contributed by atoms with Crippen molar-refractivity contribution in [2.24, 2.45) is 0 Å². The van der Waals surface area contributed by atoms with Crippen molar-refractivity contribution in [3.05, 3.63) is 91.8 Å². The minimum absolute atomic E-state index is 0.0451. The number of hydrogen-bond acceptors (Lipinski definition) is 4. The van der Waals surface area contributed by atoms with Crippen molar-refractivity contribution in [3.63, 3.8) is 0 Å². The van der Waals surface area contributed by atoms with E-state index in [2.05, 4.69) is 15.9 Å². The van der Waals surface area contributed by atoms with Crippen molar-refractivity contribution >= 4 is 51.2 Å². The predicted molar refractivity (Wildman–Crippen MR) is 126 cm³/mol. The third kappa shape index (κ3) is 4.43. The van der Waals surface area contributed by atoms with Crippen LogP contribution in [0.2, 0.25) is 5.02 Å². The molecule has 0 fully saturated rings. The van der Waals surface area contributed by atoms with E-state index in [0.717, 1.165) is 26.1 Å². The van der Waals surface area contributed by atoms with Gasteiger partial charge in [-0.3, -0.25) is 4.79 Å². The number of benzene rings is 3. The number of rotatable bonds is 6. The summed E-state index contributed by atoms with van der Waals surface area (Å²) in [6.07, 6.45) is 1.89. The van der Waals surface area contributed by atoms with E-state index in [9.17, 15) is 4.79 Å². The van der Waals surface area contributed by atoms with E-state index in [1.165, 1.54) is 11.8 Å². The van der Waals surface area contributed by atoms with Crippen LogP contribution in [0.25, 0.3) is 6.08 Å². The van der Waals surface area contributed by atoms with E-state index in [0.29, 0.717) is 34.6 Å². The summed E-state index contributed by atoms with van der Waals surface area (Å²) < 4.78 is 12.6. The zero-order chi connectivity index (χ0) is 21.1. The molecule has 4 rings (SSSR count). The fourth-order valence-electron chi connectivity index (χ4n) is 3.13. The lowest BCUT2D eigenvalue weighted by Crippen LogP contribution is -2.01. The van der Waals surface area contributed by atoms with Gasteiger partial charge in [0.2, 0.25) is 5.78 Å². The number of carbonyl (C=O) groups is 1. The van der Waals surface area contributed by atoms with E-state index in [-0.39, 0.29) is 5.78 Å².